The highest BCUT2D eigenvalue weighted by Crippen LogP contribution is 2.23. The molecule has 20 heavy (non-hydrogen) atoms. The third kappa shape index (κ3) is 5.85. The van der Waals surface area contributed by atoms with Crippen molar-refractivity contribution in [3.63, 3.8) is 0 Å². The van der Waals surface area contributed by atoms with Crippen LogP contribution < -0.4 is 10.1 Å². The van der Waals surface area contributed by atoms with Crippen LogP contribution in [-0.4, -0.2) is 43.6 Å². The second-order valence-corrected chi connectivity index (χ2v) is 5.10. The van der Waals surface area contributed by atoms with Crippen LogP contribution in [0, 0.1) is 0 Å². The van der Waals surface area contributed by atoms with Crippen molar-refractivity contribution >= 4 is 24.0 Å². The van der Waals surface area contributed by atoms with Crippen molar-refractivity contribution in [1.29, 1.82) is 0 Å². The number of hydrogen-bond acceptors (Lipinski definition) is 4. The van der Waals surface area contributed by atoms with Gasteiger partial charge in [0.2, 0.25) is 0 Å². The molecular weight excluding hydrogens is 301 g/mol. The summed E-state index contributed by atoms with van der Waals surface area (Å²) >= 11 is 5.97. The summed E-state index contributed by atoms with van der Waals surface area (Å²) in [5.41, 5.74) is 0. The first-order chi connectivity index (χ1) is 9.25. The molecule has 1 atom stereocenters. The molecule has 1 heterocycles. The van der Waals surface area contributed by atoms with Crippen LogP contribution in [-0.2, 0) is 4.74 Å². The highest BCUT2D eigenvalue weighted by Gasteiger charge is 2.15. The zero-order valence-corrected chi connectivity index (χ0v) is 12.8. The summed E-state index contributed by atoms with van der Waals surface area (Å²) < 4.78 is 10.8. The van der Waals surface area contributed by atoms with Gasteiger partial charge in [0.1, 0.15) is 18.5 Å². The zero-order valence-electron chi connectivity index (χ0n) is 11.3. The molecule has 0 radical (unpaired) electrons. The molecule has 1 fully saturated rings. The van der Waals surface area contributed by atoms with Gasteiger partial charge in [-0.25, -0.2) is 0 Å². The summed E-state index contributed by atoms with van der Waals surface area (Å²) in [7, 11) is 0. The molecule has 1 unspecified atom stereocenters. The van der Waals surface area contributed by atoms with Crippen LogP contribution in [0.3, 0.4) is 0 Å². The van der Waals surface area contributed by atoms with E-state index in [0.29, 0.717) is 23.4 Å². The summed E-state index contributed by atoms with van der Waals surface area (Å²) in [5.74, 6) is 0.606. The van der Waals surface area contributed by atoms with E-state index in [0.717, 1.165) is 26.1 Å². The van der Waals surface area contributed by atoms with Crippen LogP contribution in [0.25, 0.3) is 0 Å². The van der Waals surface area contributed by atoms with Gasteiger partial charge in [-0.05, 0) is 25.0 Å². The van der Waals surface area contributed by atoms with Crippen LogP contribution in [0.5, 0.6) is 5.75 Å². The zero-order chi connectivity index (χ0) is 13.5. The van der Waals surface area contributed by atoms with Crippen molar-refractivity contribution in [2.75, 3.05) is 26.4 Å². The Balaban J connectivity index is 0.00000200. The van der Waals surface area contributed by atoms with Gasteiger partial charge in [-0.1, -0.05) is 23.7 Å². The van der Waals surface area contributed by atoms with E-state index in [-0.39, 0.29) is 19.0 Å². The van der Waals surface area contributed by atoms with E-state index in [2.05, 4.69) is 5.32 Å². The third-order valence-electron chi connectivity index (χ3n) is 3.13. The topological polar surface area (TPSA) is 50.7 Å². The Morgan fingerprint density at radius 1 is 1.35 bits per heavy atom. The van der Waals surface area contributed by atoms with E-state index in [1.165, 1.54) is 0 Å². The fourth-order valence-corrected chi connectivity index (χ4v) is 2.20. The van der Waals surface area contributed by atoms with Crippen LogP contribution in [0.4, 0.5) is 0 Å². The van der Waals surface area contributed by atoms with E-state index in [1.54, 1.807) is 12.1 Å². The molecule has 4 nitrogen and oxygen atoms in total. The largest absolute Gasteiger partial charge is 0.489 e. The molecule has 114 valence electrons. The third-order valence-corrected chi connectivity index (χ3v) is 3.44. The molecule has 0 saturated carbocycles. The normalized spacial score (nSPS) is 17.3. The molecule has 1 aliphatic rings. The molecule has 0 bridgehead atoms. The van der Waals surface area contributed by atoms with Crippen molar-refractivity contribution in [3.05, 3.63) is 29.3 Å². The highest BCUT2D eigenvalue weighted by atomic mass is 35.5. The Morgan fingerprint density at radius 3 is 2.75 bits per heavy atom. The lowest BCUT2D eigenvalue weighted by atomic mass is 10.1. The van der Waals surface area contributed by atoms with Gasteiger partial charge >= 0.3 is 0 Å². The van der Waals surface area contributed by atoms with Crippen LogP contribution >= 0.6 is 24.0 Å². The van der Waals surface area contributed by atoms with E-state index in [9.17, 15) is 5.11 Å². The maximum absolute atomic E-state index is 9.87. The second-order valence-electron chi connectivity index (χ2n) is 4.69. The Hall–Kier alpha value is -0.520. The number of aliphatic hydroxyl groups is 1. The maximum Gasteiger partial charge on any atom is 0.138 e. The molecule has 1 aromatic rings. The fourth-order valence-electron chi connectivity index (χ4n) is 2.01. The van der Waals surface area contributed by atoms with E-state index < -0.39 is 6.10 Å². The van der Waals surface area contributed by atoms with Crippen molar-refractivity contribution in [1.82, 2.24) is 5.32 Å². The smallest absolute Gasteiger partial charge is 0.138 e. The number of rotatable bonds is 6. The molecular formula is C14H21Cl2NO3. The number of hydrogen-bond donors (Lipinski definition) is 2. The molecule has 0 spiro atoms. The molecule has 0 amide bonds. The van der Waals surface area contributed by atoms with Gasteiger partial charge in [0.25, 0.3) is 0 Å². The average molecular weight is 322 g/mol. The summed E-state index contributed by atoms with van der Waals surface area (Å²) in [6.07, 6.45) is 1.45. The first-order valence-corrected chi connectivity index (χ1v) is 7.00. The maximum atomic E-state index is 9.87. The standard InChI is InChI=1S/C14H20ClNO3.ClH/c15-13-3-1-2-4-14(13)19-10-12(17)9-16-11-5-7-18-8-6-11;/h1-4,11-12,16-17H,5-10H2;1H. The molecule has 0 aliphatic carbocycles. The highest BCUT2D eigenvalue weighted by molar-refractivity contribution is 6.32. The quantitative estimate of drug-likeness (QED) is 0.844. The molecule has 0 aromatic heterocycles. The van der Waals surface area contributed by atoms with E-state index >= 15 is 0 Å². The Morgan fingerprint density at radius 2 is 2.05 bits per heavy atom. The van der Waals surface area contributed by atoms with Crippen molar-refractivity contribution in [2.24, 2.45) is 0 Å². The molecule has 2 rings (SSSR count). The van der Waals surface area contributed by atoms with Crippen LogP contribution in [0.2, 0.25) is 5.02 Å². The number of ether oxygens (including phenoxy) is 2. The van der Waals surface area contributed by atoms with Crippen molar-refractivity contribution in [3.8, 4) is 5.75 Å². The SMILES string of the molecule is Cl.OC(CNC1CCOCC1)COc1ccccc1Cl. The summed E-state index contributed by atoms with van der Waals surface area (Å²) in [5, 5.41) is 13.8. The molecule has 2 N–H and O–H groups in total. The predicted octanol–water partition coefficient (Wildman–Crippen LogP) is 2.27. The molecule has 6 heteroatoms. The van der Waals surface area contributed by atoms with Gasteiger partial charge in [-0.15, -0.1) is 12.4 Å². The van der Waals surface area contributed by atoms with Crippen molar-refractivity contribution < 1.29 is 14.6 Å². The minimum atomic E-state index is -0.542. The first kappa shape index (κ1) is 17.5. The average Bonchev–Trinajstić information content (AvgIpc) is 2.45. The second kappa shape index (κ2) is 9.42. The number of halogens is 2. The minimum Gasteiger partial charge on any atom is -0.489 e. The number of nitrogens with one attached hydrogen (secondary N) is 1. The summed E-state index contributed by atoms with van der Waals surface area (Å²) in [6, 6.07) is 7.69. The molecule has 1 aliphatic heterocycles. The summed E-state index contributed by atoms with van der Waals surface area (Å²) in [4.78, 5) is 0. The Bertz CT molecular complexity index is 386. The lowest BCUT2D eigenvalue weighted by molar-refractivity contribution is 0.0655. The van der Waals surface area contributed by atoms with Crippen LogP contribution in [0.15, 0.2) is 24.3 Å². The van der Waals surface area contributed by atoms with E-state index in [1.807, 2.05) is 12.1 Å². The minimum absolute atomic E-state index is 0. The number of aliphatic hydroxyl groups excluding tert-OH is 1. The fraction of sp³-hybridized carbons (Fsp3) is 0.571. The molecule has 1 saturated heterocycles. The molecule has 1 aromatic carbocycles. The Kier molecular flexibility index (Phi) is 8.26. The summed E-state index contributed by atoms with van der Waals surface area (Å²) in [6.45, 7) is 2.35. The lowest BCUT2D eigenvalue weighted by Gasteiger charge is -2.24. The first-order valence-electron chi connectivity index (χ1n) is 6.62. The van der Waals surface area contributed by atoms with Gasteiger partial charge < -0.3 is 19.9 Å². The van der Waals surface area contributed by atoms with Gasteiger partial charge in [-0.3, -0.25) is 0 Å². The van der Waals surface area contributed by atoms with Gasteiger partial charge in [-0.2, -0.15) is 0 Å². The van der Waals surface area contributed by atoms with Gasteiger partial charge in [0, 0.05) is 25.8 Å². The van der Waals surface area contributed by atoms with Crippen LogP contribution in [0.1, 0.15) is 12.8 Å². The number of benzene rings is 1. The predicted molar refractivity (Wildman–Crippen MR) is 82.0 cm³/mol. The van der Waals surface area contributed by atoms with E-state index in [4.69, 9.17) is 21.1 Å². The van der Waals surface area contributed by atoms with Crippen molar-refractivity contribution in [2.45, 2.75) is 25.0 Å². The number of para-hydroxylation sites is 1. The monoisotopic (exact) mass is 321 g/mol. The lowest BCUT2D eigenvalue weighted by Crippen LogP contribution is -2.40. The van der Waals surface area contributed by atoms with Gasteiger partial charge in [0.05, 0.1) is 5.02 Å². The Labute approximate surface area is 130 Å². The van der Waals surface area contributed by atoms with Gasteiger partial charge in [0.15, 0.2) is 0 Å².